The molecule has 2 aromatic rings. The molecule has 0 saturated carbocycles. The first-order valence-corrected chi connectivity index (χ1v) is 7.48. The Morgan fingerprint density at radius 3 is 2.86 bits per heavy atom. The van der Waals surface area contributed by atoms with E-state index >= 15 is 0 Å². The van der Waals surface area contributed by atoms with E-state index in [1.54, 1.807) is 0 Å². The average Bonchev–Trinajstić information content (AvgIpc) is 2.79. The number of urea groups is 1. The van der Waals surface area contributed by atoms with Gasteiger partial charge < -0.3 is 10.4 Å². The monoisotopic (exact) mass is 307 g/mol. The third-order valence-corrected chi connectivity index (χ3v) is 3.88. The Morgan fingerprint density at radius 1 is 1.43 bits per heavy atom. The summed E-state index contributed by atoms with van der Waals surface area (Å²) < 4.78 is 0.980. The molecule has 1 unspecified atom stereocenters. The molecule has 0 spiro atoms. The normalized spacial score (nSPS) is 12.1. The summed E-state index contributed by atoms with van der Waals surface area (Å²) >= 11 is 1.36. The number of hydrogen-bond acceptors (Lipinski definition) is 4. The Balaban J connectivity index is 2.05. The molecular formula is C14H17N3O3S. The van der Waals surface area contributed by atoms with E-state index in [0.717, 1.165) is 15.8 Å². The zero-order valence-electron chi connectivity index (χ0n) is 11.8. The number of fused-ring (bicyclic) bond motifs is 1. The molecule has 0 aliphatic carbocycles. The summed E-state index contributed by atoms with van der Waals surface area (Å²) in [7, 11) is 0. The summed E-state index contributed by atoms with van der Waals surface area (Å²) in [6, 6.07) is 4.40. The van der Waals surface area contributed by atoms with Crippen molar-refractivity contribution < 1.29 is 14.7 Å². The molecule has 1 atom stereocenters. The van der Waals surface area contributed by atoms with Gasteiger partial charge in [0.05, 0.1) is 10.2 Å². The fourth-order valence-electron chi connectivity index (χ4n) is 1.92. The van der Waals surface area contributed by atoms with Crippen molar-refractivity contribution in [3.63, 3.8) is 0 Å². The van der Waals surface area contributed by atoms with Crippen LogP contribution < -0.4 is 10.6 Å². The first kappa shape index (κ1) is 15.2. The maximum Gasteiger partial charge on any atom is 0.326 e. The van der Waals surface area contributed by atoms with E-state index in [2.05, 4.69) is 15.6 Å². The lowest BCUT2D eigenvalue weighted by molar-refractivity contribution is -0.139. The van der Waals surface area contributed by atoms with Crippen molar-refractivity contribution in [1.29, 1.82) is 0 Å². The van der Waals surface area contributed by atoms with E-state index in [-0.39, 0.29) is 0 Å². The number of carbonyl (C=O) groups is 2. The number of nitrogens with one attached hydrogen (secondary N) is 2. The van der Waals surface area contributed by atoms with Crippen molar-refractivity contribution in [2.24, 2.45) is 0 Å². The number of benzene rings is 1. The first-order valence-electron chi connectivity index (χ1n) is 6.67. The molecule has 7 heteroatoms. The minimum absolute atomic E-state index is 0.391. The Bertz CT molecular complexity index is 669. The van der Waals surface area contributed by atoms with Crippen LogP contribution in [0.5, 0.6) is 0 Å². The Labute approximate surface area is 126 Å². The fourth-order valence-corrected chi connectivity index (χ4v) is 2.88. The van der Waals surface area contributed by atoms with Crippen molar-refractivity contribution in [3.8, 4) is 0 Å². The van der Waals surface area contributed by atoms with Gasteiger partial charge in [-0.1, -0.05) is 30.7 Å². The molecule has 0 radical (unpaired) electrons. The molecule has 3 N–H and O–H groups in total. The molecule has 0 bridgehead atoms. The highest BCUT2D eigenvalue weighted by Crippen LogP contribution is 2.26. The summed E-state index contributed by atoms with van der Waals surface area (Å²) in [4.78, 5) is 27.1. The average molecular weight is 307 g/mol. The zero-order valence-corrected chi connectivity index (χ0v) is 12.7. The minimum Gasteiger partial charge on any atom is -0.480 e. The van der Waals surface area contributed by atoms with Crippen molar-refractivity contribution in [2.45, 2.75) is 32.7 Å². The molecule has 0 fully saturated rings. The van der Waals surface area contributed by atoms with Gasteiger partial charge in [-0.15, -0.1) is 0 Å². The van der Waals surface area contributed by atoms with Gasteiger partial charge in [0.2, 0.25) is 0 Å². The number of carboxylic acid groups (broad SMARTS) is 1. The highest BCUT2D eigenvalue weighted by atomic mass is 32.1. The van der Waals surface area contributed by atoms with Crippen molar-refractivity contribution in [1.82, 2.24) is 10.3 Å². The molecule has 1 aromatic carbocycles. The molecule has 2 amide bonds. The molecule has 0 saturated heterocycles. The van der Waals surface area contributed by atoms with Gasteiger partial charge in [-0.25, -0.2) is 14.6 Å². The number of carbonyl (C=O) groups excluding carboxylic acids is 1. The lowest BCUT2D eigenvalue weighted by Crippen LogP contribution is -2.42. The largest absolute Gasteiger partial charge is 0.480 e. The van der Waals surface area contributed by atoms with Gasteiger partial charge in [0.25, 0.3) is 0 Å². The van der Waals surface area contributed by atoms with Gasteiger partial charge in [-0.05, 0) is 31.0 Å². The van der Waals surface area contributed by atoms with Gasteiger partial charge in [0.1, 0.15) is 6.04 Å². The first-order chi connectivity index (χ1) is 9.99. The number of amides is 2. The van der Waals surface area contributed by atoms with Crippen LogP contribution in [0.15, 0.2) is 18.2 Å². The Hall–Kier alpha value is -2.15. The second-order valence-electron chi connectivity index (χ2n) is 4.77. The number of aliphatic carboxylic acids is 1. The number of aryl methyl sites for hydroxylation is 1. The van der Waals surface area contributed by atoms with Crippen LogP contribution in [0.2, 0.25) is 0 Å². The highest BCUT2D eigenvalue weighted by Gasteiger charge is 2.19. The molecule has 6 nitrogen and oxygen atoms in total. The smallest absolute Gasteiger partial charge is 0.326 e. The highest BCUT2D eigenvalue weighted by molar-refractivity contribution is 7.22. The Morgan fingerprint density at radius 2 is 2.19 bits per heavy atom. The van der Waals surface area contributed by atoms with Gasteiger partial charge in [-0.2, -0.15) is 0 Å². The second-order valence-corrected chi connectivity index (χ2v) is 5.80. The number of thiazole rings is 1. The standard InChI is InChI=1S/C14H17N3O3S/c1-3-4-10(12(18)19)15-13(20)17-14-16-9-6-5-8(2)7-11(9)21-14/h5-7,10H,3-4H2,1-2H3,(H,18,19)(H2,15,16,17,20). The predicted octanol–water partition coefficient (Wildman–Crippen LogP) is 2.98. The molecule has 1 heterocycles. The van der Waals surface area contributed by atoms with Crippen molar-refractivity contribution >= 4 is 38.7 Å². The van der Waals surface area contributed by atoms with E-state index in [0.29, 0.717) is 18.0 Å². The minimum atomic E-state index is -1.04. The van der Waals surface area contributed by atoms with Gasteiger partial charge >= 0.3 is 12.0 Å². The van der Waals surface area contributed by atoms with E-state index < -0.39 is 18.0 Å². The second kappa shape index (κ2) is 6.53. The number of aromatic nitrogens is 1. The summed E-state index contributed by atoms with van der Waals surface area (Å²) in [5, 5.41) is 14.5. The molecule has 21 heavy (non-hydrogen) atoms. The van der Waals surface area contributed by atoms with Crippen LogP contribution in [-0.2, 0) is 4.79 Å². The molecule has 0 aliphatic rings. The number of rotatable bonds is 5. The molecular weight excluding hydrogens is 290 g/mol. The van der Waals surface area contributed by atoms with Gasteiger partial charge in [0, 0.05) is 0 Å². The maximum atomic E-state index is 11.8. The lowest BCUT2D eigenvalue weighted by Gasteiger charge is -2.13. The topological polar surface area (TPSA) is 91.3 Å². The summed E-state index contributed by atoms with van der Waals surface area (Å²) in [5.41, 5.74) is 1.93. The maximum absolute atomic E-state index is 11.8. The van der Waals surface area contributed by atoms with Gasteiger partial charge in [0.15, 0.2) is 5.13 Å². The molecule has 0 aliphatic heterocycles. The fraction of sp³-hybridized carbons (Fsp3) is 0.357. The number of nitrogens with zero attached hydrogens (tertiary/aromatic N) is 1. The van der Waals surface area contributed by atoms with Gasteiger partial charge in [-0.3, -0.25) is 5.32 Å². The zero-order chi connectivity index (χ0) is 15.4. The summed E-state index contributed by atoms with van der Waals surface area (Å²) in [5.74, 6) is -1.04. The molecule has 112 valence electrons. The van der Waals surface area contributed by atoms with Crippen molar-refractivity contribution in [2.75, 3.05) is 5.32 Å². The van der Waals surface area contributed by atoms with E-state index in [1.807, 2.05) is 32.0 Å². The Kier molecular flexibility index (Phi) is 4.74. The number of carboxylic acids is 1. The van der Waals surface area contributed by atoms with Crippen LogP contribution >= 0.6 is 11.3 Å². The van der Waals surface area contributed by atoms with Crippen LogP contribution in [0.25, 0.3) is 10.2 Å². The van der Waals surface area contributed by atoms with E-state index in [1.165, 1.54) is 11.3 Å². The van der Waals surface area contributed by atoms with Crippen molar-refractivity contribution in [3.05, 3.63) is 23.8 Å². The predicted molar refractivity (Wildman–Crippen MR) is 82.8 cm³/mol. The quantitative estimate of drug-likeness (QED) is 0.792. The lowest BCUT2D eigenvalue weighted by atomic mass is 10.2. The van der Waals surface area contributed by atoms with Crippen LogP contribution in [-0.4, -0.2) is 28.1 Å². The molecule has 1 aromatic heterocycles. The third kappa shape index (κ3) is 3.91. The van der Waals surface area contributed by atoms with Crippen LogP contribution in [0.3, 0.4) is 0 Å². The van der Waals surface area contributed by atoms with E-state index in [4.69, 9.17) is 5.11 Å². The number of hydrogen-bond donors (Lipinski definition) is 3. The SMILES string of the molecule is CCCC(NC(=O)Nc1nc2ccc(C)cc2s1)C(=O)O. The summed E-state index contributed by atoms with van der Waals surface area (Å²) in [6.45, 7) is 3.85. The summed E-state index contributed by atoms with van der Waals surface area (Å²) in [6.07, 6.45) is 1.07. The third-order valence-electron chi connectivity index (χ3n) is 2.95. The number of anilines is 1. The molecule has 2 rings (SSSR count). The van der Waals surface area contributed by atoms with Crippen LogP contribution in [0.4, 0.5) is 9.93 Å². The van der Waals surface area contributed by atoms with E-state index in [9.17, 15) is 9.59 Å². The van der Waals surface area contributed by atoms with Crippen LogP contribution in [0, 0.1) is 6.92 Å². The van der Waals surface area contributed by atoms with Crippen LogP contribution in [0.1, 0.15) is 25.3 Å².